The number of nitrogens with zero attached hydrogens (tertiary/aromatic N) is 1. The number of nitrogens with one attached hydrogen (secondary N) is 2. The first-order chi connectivity index (χ1) is 11.8. The van der Waals surface area contributed by atoms with Gasteiger partial charge in [0.1, 0.15) is 0 Å². The molecule has 25 heavy (non-hydrogen) atoms. The summed E-state index contributed by atoms with van der Waals surface area (Å²) in [6, 6.07) is 2.89. The number of nitrogens with two attached hydrogens (primary N) is 1. The standard InChI is InChI=1S/C16H19BrN4O4/c1-7(2)13-12(17)14(21-20-13)16(23)19-9-6-11(25-4)10(24-3)5-8(9)15(18)22/h5-7H,1-4H3,(H2,18,22)(H,19,23)(H,20,21). The number of hydrogen-bond donors (Lipinski definition) is 3. The summed E-state index contributed by atoms with van der Waals surface area (Å²) in [6.07, 6.45) is 0. The van der Waals surface area contributed by atoms with E-state index in [2.05, 4.69) is 31.4 Å². The summed E-state index contributed by atoms with van der Waals surface area (Å²) in [5, 5.41) is 9.49. The molecule has 8 nitrogen and oxygen atoms in total. The van der Waals surface area contributed by atoms with E-state index in [1.807, 2.05) is 13.8 Å². The average Bonchev–Trinajstić information content (AvgIpc) is 2.95. The SMILES string of the molecule is COc1cc(NC(=O)c2n[nH]c(C(C)C)c2Br)c(C(N)=O)cc1OC. The number of methoxy groups -OCH3 is 2. The van der Waals surface area contributed by atoms with Crippen molar-refractivity contribution >= 4 is 33.4 Å². The fourth-order valence-corrected chi connectivity index (χ4v) is 3.06. The van der Waals surface area contributed by atoms with Gasteiger partial charge in [0.25, 0.3) is 11.8 Å². The van der Waals surface area contributed by atoms with Gasteiger partial charge in [-0.25, -0.2) is 0 Å². The summed E-state index contributed by atoms with van der Waals surface area (Å²) in [5.74, 6) is -0.361. The molecule has 2 amide bonds. The highest BCUT2D eigenvalue weighted by Gasteiger charge is 2.22. The molecule has 0 fully saturated rings. The van der Waals surface area contributed by atoms with E-state index in [4.69, 9.17) is 15.2 Å². The Labute approximate surface area is 153 Å². The molecule has 0 spiro atoms. The van der Waals surface area contributed by atoms with Crippen LogP contribution in [-0.4, -0.2) is 36.2 Å². The number of carbonyl (C=O) groups is 2. The predicted octanol–water partition coefficient (Wildman–Crippen LogP) is 2.66. The number of aromatic nitrogens is 2. The number of ether oxygens (including phenoxy) is 2. The van der Waals surface area contributed by atoms with Gasteiger partial charge in [-0.2, -0.15) is 5.10 Å². The molecule has 2 aromatic rings. The minimum Gasteiger partial charge on any atom is -0.493 e. The first kappa shape index (κ1) is 18.8. The summed E-state index contributed by atoms with van der Waals surface area (Å²) in [6.45, 7) is 3.94. The molecule has 0 atom stereocenters. The molecule has 1 aromatic heterocycles. The van der Waals surface area contributed by atoms with Crippen molar-refractivity contribution in [2.24, 2.45) is 5.73 Å². The Kier molecular flexibility index (Phi) is 5.68. The Morgan fingerprint density at radius 2 is 1.84 bits per heavy atom. The molecule has 1 heterocycles. The number of rotatable bonds is 6. The molecule has 2 rings (SSSR count). The van der Waals surface area contributed by atoms with Crippen molar-refractivity contribution in [3.8, 4) is 11.5 Å². The van der Waals surface area contributed by atoms with Crippen LogP contribution in [-0.2, 0) is 0 Å². The van der Waals surface area contributed by atoms with E-state index in [1.54, 1.807) is 0 Å². The number of halogens is 1. The molecule has 0 aliphatic heterocycles. The molecule has 0 radical (unpaired) electrons. The summed E-state index contributed by atoms with van der Waals surface area (Å²) in [5.41, 5.74) is 6.68. The van der Waals surface area contributed by atoms with Gasteiger partial charge in [-0.05, 0) is 27.9 Å². The quantitative estimate of drug-likeness (QED) is 0.675. The van der Waals surface area contributed by atoms with Crippen LogP contribution in [0.5, 0.6) is 11.5 Å². The molecular weight excluding hydrogens is 392 g/mol. The van der Waals surface area contributed by atoms with Gasteiger partial charge in [-0.15, -0.1) is 0 Å². The summed E-state index contributed by atoms with van der Waals surface area (Å²) in [4.78, 5) is 24.3. The fraction of sp³-hybridized carbons (Fsp3) is 0.312. The van der Waals surface area contributed by atoms with Gasteiger partial charge in [0.2, 0.25) is 0 Å². The van der Waals surface area contributed by atoms with Gasteiger partial charge in [-0.3, -0.25) is 14.7 Å². The molecule has 1 aromatic carbocycles. The minimum absolute atomic E-state index is 0.0988. The van der Waals surface area contributed by atoms with E-state index in [0.29, 0.717) is 16.0 Å². The highest BCUT2D eigenvalue weighted by Crippen LogP contribution is 2.34. The van der Waals surface area contributed by atoms with E-state index in [0.717, 1.165) is 5.69 Å². The van der Waals surface area contributed by atoms with Crippen LogP contribution in [0.2, 0.25) is 0 Å². The Bertz CT molecular complexity index is 817. The van der Waals surface area contributed by atoms with Crippen LogP contribution in [0.3, 0.4) is 0 Å². The smallest absolute Gasteiger partial charge is 0.277 e. The maximum Gasteiger partial charge on any atom is 0.277 e. The van der Waals surface area contributed by atoms with Gasteiger partial charge in [0, 0.05) is 6.07 Å². The second kappa shape index (κ2) is 7.56. The summed E-state index contributed by atoms with van der Waals surface area (Å²) >= 11 is 3.37. The predicted molar refractivity (Wildman–Crippen MR) is 96.4 cm³/mol. The molecular formula is C16H19BrN4O4. The Balaban J connectivity index is 2.42. The highest BCUT2D eigenvalue weighted by atomic mass is 79.9. The number of amides is 2. The van der Waals surface area contributed by atoms with Crippen molar-refractivity contribution in [2.75, 3.05) is 19.5 Å². The van der Waals surface area contributed by atoms with Gasteiger partial charge in [0.05, 0.1) is 35.6 Å². The van der Waals surface area contributed by atoms with Crippen molar-refractivity contribution < 1.29 is 19.1 Å². The highest BCUT2D eigenvalue weighted by molar-refractivity contribution is 9.10. The van der Waals surface area contributed by atoms with E-state index in [1.165, 1.54) is 26.4 Å². The van der Waals surface area contributed by atoms with Crippen LogP contribution in [0.1, 0.15) is 46.3 Å². The fourth-order valence-electron chi connectivity index (χ4n) is 2.24. The normalized spacial score (nSPS) is 10.6. The van der Waals surface area contributed by atoms with Gasteiger partial charge in [-0.1, -0.05) is 13.8 Å². The Morgan fingerprint density at radius 1 is 1.24 bits per heavy atom. The topological polar surface area (TPSA) is 119 Å². The monoisotopic (exact) mass is 410 g/mol. The van der Waals surface area contributed by atoms with Gasteiger partial charge >= 0.3 is 0 Å². The minimum atomic E-state index is -0.708. The zero-order chi connectivity index (χ0) is 18.7. The number of hydrogen-bond acceptors (Lipinski definition) is 5. The molecule has 0 saturated heterocycles. The zero-order valence-corrected chi connectivity index (χ0v) is 15.9. The van der Waals surface area contributed by atoms with E-state index in [-0.39, 0.29) is 22.9 Å². The maximum atomic E-state index is 12.6. The molecule has 0 saturated carbocycles. The summed E-state index contributed by atoms with van der Waals surface area (Å²) in [7, 11) is 2.89. The van der Waals surface area contributed by atoms with Crippen LogP contribution in [0.4, 0.5) is 5.69 Å². The van der Waals surface area contributed by atoms with Crippen molar-refractivity contribution in [2.45, 2.75) is 19.8 Å². The summed E-state index contributed by atoms with van der Waals surface area (Å²) < 4.78 is 10.9. The largest absolute Gasteiger partial charge is 0.493 e. The third-order valence-corrected chi connectivity index (χ3v) is 4.37. The first-order valence-electron chi connectivity index (χ1n) is 7.41. The third kappa shape index (κ3) is 3.76. The van der Waals surface area contributed by atoms with Crippen molar-refractivity contribution in [3.05, 3.63) is 33.6 Å². The van der Waals surface area contributed by atoms with Crippen molar-refractivity contribution in [1.29, 1.82) is 0 Å². The third-order valence-electron chi connectivity index (χ3n) is 3.56. The van der Waals surface area contributed by atoms with Crippen LogP contribution >= 0.6 is 15.9 Å². The average molecular weight is 411 g/mol. The number of anilines is 1. The molecule has 9 heteroatoms. The number of carbonyl (C=O) groups excluding carboxylic acids is 2. The van der Waals surface area contributed by atoms with Crippen LogP contribution in [0, 0.1) is 0 Å². The van der Waals surface area contributed by atoms with E-state index >= 15 is 0 Å². The van der Waals surface area contributed by atoms with Crippen molar-refractivity contribution in [3.63, 3.8) is 0 Å². The molecule has 4 N–H and O–H groups in total. The van der Waals surface area contributed by atoms with E-state index < -0.39 is 11.8 Å². The van der Waals surface area contributed by atoms with Crippen molar-refractivity contribution in [1.82, 2.24) is 10.2 Å². The lowest BCUT2D eigenvalue weighted by atomic mass is 10.1. The van der Waals surface area contributed by atoms with E-state index in [9.17, 15) is 9.59 Å². The zero-order valence-electron chi connectivity index (χ0n) is 14.3. The van der Waals surface area contributed by atoms with Gasteiger partial charge < -0.3 is 20.5 Å². The van der Waals surface area contributed by atoms with Crippen LogP contribution < -0.4 is 20.5 Å². The first-order valence-corrected chi connectivity index (χ1v) is 8.20. The Morgan fingerprint density at radius 3 is 2.32 bits per heavy atom. The number of benzene rings is 1. The van der Waals surface area contributed by atoms with Crippen LogP contribution in [0.25, 0.3) is 0 Å². The lowest BCUT2D eigenvalue weighted by molar-refractivity contribution is 0.100. The molecule has 0 aliphatic rings. The number of aromatic amines is 1. The molecule has 0 aliphatic carbocycles. The lowest BCUT2D eigenvalue weighted by Crippen LogP contribution is -2.19. The van der Waals surface area contributed by atoms with Crippen LogP contribution in [0.15, 0.2) is 16.6 Å². The molecule has 134 valence electrons. The second-order valence-corrected chi connectivity index (χ2v) is 6.32. The second-order valence-electron chi connectivity index (χ2n) is 5.53. The molecule has 0 unspecified atom stereocenters. The Hall–Kier alpha value is -2.55. The van der Waals surface area contributed by atoms with Gasteiger partial charge in [0.15, 0.2) is 17.2 Å². The maximum absolute atomic E-state index is 12.6. The number of primary amides is 1. The lowest BCUT2D eigenvalue weighted by Gasteiger charge is -2.13. The molecule has 0 bridgehead atoms. The number of H-pyrrole nitrogens is 1.